The van der Waals surface area contributed by atoms with Crippen LogP contribution in [0.1, 0.15) is 24.2 Å². The second kappa shape index (κ2) is 7.09. The standard InChI is InChI=1S/C12H16FN3O3S/c1-3-20-6-7(2)15-12(17)10-8(13)4-5-9(11(10)14)16(18)19/h4-5,7H,3,6,14H2,1-2H3,(H,15,17). The molecule has 0 saturated heterocycles. The molecule has 0 spiro atoms. The number of nitrogen functional groups attached to an aromatic ring is 1. The molecular weight excluding hydrogens is 285 g/mol. The van der Waals surface area contributed by atoms with E-state index in [4.69, 9.17) is 5.73 Å². The van der Waals surface area contributed by atoms with E-state index in [1.807, 2.05) is 6.92 Å². The summed E-state index contributed by atoms with van der Waals surface area (Å²) in [6, 6.07) is 1.62. The van der Waals surface area contributed by atoms with E-state index in [0.29, 0.717) is 5.75 Å². The molecule has 0 heterocycles. The summed E-state index contributed by atoms with van der Waals surface area (Å²) in [4.78, 5) is 22.0. The number of benzene rings is 1. The number of thioether (sulfide) groups is 1. The number of nitrogens with two attached hydrogens (primary N) is 1. The van der Waals surface area contributed by atoms with Crippen molar-refractivity contribution in [1.29, 1.82) is 0 Å². The van der Waals surface area contributed by atoms with Gasteiger partial charge in [-0.05, 0) is 18.7 Å². The van der Waals surface area contributed by atoms with Crippen molar-refractivity contribution in [3.05, 3.63) is 33.6 Å². The van der Waals surface area contributed by atoms with E-state index in [1.165, 1.54) is 0 Å². The molecule has 1 aromatic rings. The Morgan fingerprint density at radius 3 is 2.80 bits per heavy atom. The first-order valence-corrected chi connectivity index (χ1v) is 7.14. The van der Waals surface area contributed by atoms with Gasteiger partial charge in [0.05, 0.1) is 4.92 Å². The summed E-state index contributed by atoms with van der Waals surface area (Å²) in [6.07, 6.45) is 0. The Kier molecular flexibility index (Phi) is 5.75. The highest BCUT2D eigenvalue weighted by molar-refractivity contribution is 7.99. The fraction of sp³-hybridized carbons (Fsp3) is 0.417. The molecule has 0 bridgehead atoms. The van der Waals surface area contributed by atoms with Crippen molar-refractivity contribution in [1.82, 2.24) is 5.32 Å². The second-order valence-electron chi connectivity index (χ2n) is 4.15. The Bertz CT molecular complexity index is 525. The second-order valence-corrected chi connectivity index (χ2v) is 5.47. The molecule has 110 valence electrons. The number of nitrogens with zero attached hydrogens (tertiary/aromatic N) is 1. The van der Waals surface area contributed by atoms with Gasteiger partial charge >= 0.3 is 0 Å². The number of rotatable bonds is 6. The summed E-state index contributed by atoms with van der Waals surface area (Å²) in [5, 5.41) is 13.3. The Balaban J connectivity index is 2.98. The van der Waals surface area contributed by atoms with Crippen molar-refractivity contribution in [2.45, 2.75) is 19.9 Å². The third kappa shape index (κ3) is 3.83. The lowest BCUT2D eigenvalue weighted by Gasteiger charge is -2.14. The van der Waals surface area contributed by atoms with Crippen molar-refractivity contribution in [3.8, 4) is 0 Å². The zero-order valence-electron chi connectivity index (χ0n) is 11.2. The lowest BCUT2D eigenvalue weighted by atomic mass is 10.1. The van der Waals surface area contributed by atoms with Crippen LogP contribution in [0.3, 0.4) is 0 Å². The lowest BCUT2D eigenvalue weighted by molar-refractivity contribution is -0.384. The quantitative estimate of drug-likeness (QED) is 0.477. The van der Waals surface area contributed by atoms with Crippen LogP contribution < -0.4 is 11.1 Å². The smallest absolute Gasteiger partial charge is 0.293 e. The summed E-state index contributed by atoms with van der Waals surface area (Å²) >= 11 is 1.62. The number of nitrogens with one attached hydrogen (secondary N) is 1. The fourth-order valence-electron chi connectivity index (χ4n) is 1.60. The lowest BCUT2D eigenvalue weighted by Crippen LogP contribution is -2.35. The molecule has 1 aromatic carbocycles. The van der Waals surface area contributed by atoms with Gasteiger partial charge in [-0.1, -0.05) is 6.92 Å². The average Bonchev–Trinajstić information content (AvgIpc) is 2.35. The van der Waals surface area contributed by atoms with Crippen molar-refractivity contribution < 1.29 is 14.1 Å². The Morgan fingerprint density at radius 2 is 2.25 bits per heavy atom. The largest absolute Gasteiger partial charge is 0.392 e. The number of amides is 1. The van der Waals surface area contributed by atoms with Gasteiger partial charge in [0, 0.05) is 17.9 Å². The Labute approximate surface area is 120 Å². The maximum absolute atomic E-state index is 13.7. The molecule has 3 N–H and O–H groups in total. The van der Waals surface area contributed by atoms with E-state index < -0.39 is 33.6 Å². The third-order valence-electron chi connectivity index (χ3n) is 2.54. The van der Waals surface area contributed by atoms with E-state index in [2.05, 4.69) is 5.32 Å². The van der Waals surface area contributed by atoms with Gasteiger partial charge in [-0.3, -0.25) is 14.9 Å². The average molecular weight is 301 g/mol. The molecule has 1 amide bonds. The summed E-state index contributed by atoms with van der Waals surface area (Å²) in [5.41, 5.74) is 4.10. The fourth-order valence-corrected chi connectivity index (χ4v) is 2.28. The zero-order chi connectivity index (χ0) is 15.3. The molecule has 8 heteroatoms. The van der Waals surface area contributed by atoms with Crippen LogP contribution >= 0.6 is 11.8 Å². The minimum absolute atomic E-state index is 0.189. The van der Waals surface area contributed by atoms with Gasteiger partial charge in [-0.2, -0.15) is 11.8 Å². The minimum atomic E-state index is -0.874. The SMILES string of the molecule is CCSCC(C)NC(=O)c1c(F)ccc([N+](=O)[O-])c1N. The summed E-state index contributed by atoms with van der Waals surface area (Å²) < 4.78 is 13.7. The van der Waals surface area contributed by atoms with Crippen LogP contribution in [-0.2, 0) is 0 Å². The molecule has 1 atom stereocenters. The van der Waals surface area contributed by atoms with Crippen molar-refractivity contribution in [2.75, 3.05) is 17.2 Å². The number of anilines is 1. The molecule has 0 fully saturated rings. The number of carbonyl (C=O) groups excluding carboxylic acids is 1. The summed E-state index contributed by atoms with van der Waals surface area (Å²) in [7, 11) is 0. The van der Waals surface area contributed by atoms with E-state index in [0.717, 1.165) is 17.9 Å². The van der Waals surface area contributed by atoms with Crippen molar-refractivity contribution in [2.24, 2.45) is 0 Å². The Morgan fingerprint density at radius 1 is 1.60 bits per heavy atom. The molecule has 0 saturated carbocycles. The highest BCUT2D eigenvalue weighted by Gasteiger charge is 2.24. The molecule has 0 aliphatic carbocycles. The van der Waals surface area contributed by atoms with E-state index in [1.54, 1.807) is 18.7 Å². The molecule has 0 aliphatic heterocycles. The summed E-state index contributed by atoms with van der Waals surface area (Å²) in [5.74, 6) is -0.0551. The van der Waals surface area contributed by atoms with Gasteiger partial charge in [0.15, 0.2) is 0 Å². The number of hydrogen-bond acceptors (Lipinski definition) is 5. The molecule has 0 aliphatic rings. The van der Waals surface area contributed by atoms with Crippen LogP contribution in [0, 0.1) is 15.9 Å². The maximum Gasteiger partial charge on any atom is 0.293 e. The van der Waals surface area contributed by atoms with Gasteiger partial charge in [0.2, 0.25) is 0 Å². The van der Waals surface area contributed by atoms with Gasteiger partial charge < -0.3 is 11.1 Å². The maximum atomic E-state index is 13.7. The van der Waals surface area contributed by atoms with Crippen LogP contribution in [0.2, 0.25) is 0 Å². The molecule has 1 unspecified atom stereocenters. The molecule has 0 aromatic heterocycles. The van der Waals surface area contributed by atoms with E-state index >= 15 is 0 Å². The monoisotopic (exact) mass is 301 g/mol. The minimum Gasteiger partial charge on any atom is -0.392 e. The molecule has 6 nitrogen and oxygen atoms in total. The van der Waals surface area contributed by atoms with E-state index in [9.17, 15) is 19.3 Å². The number of halogens is 1. The molecular formula is C12H16FN3O3S. The first-order valence-electron chi connectivity index (χ1n) is 5.99. The number of carbonyl (C=O) groups is 1. The van der Waals surface area contributed by atoms with Crippen LogP contribution in [0.25, 0.3) is 0 Å². The normalized spacial score (nSPS) is 11.9. The van der Waals surface area contributed by atoms with Crippen molar-refractivity contribution in [3.63, 3.8) is 0 Å². The topological polar surface area (TPSA) is 98.3 Å². The van der Waals surface area contributed by atoms with Crippen LogP contribution in [0.4, 0.5) is 15.8 Å². The first kappa shape index (κ1) is 16.2. The predicted molar refractivity (Wildman–Crippen MR) is 77.4 cm³/mol. The zero-order valence-corrected chi connectivity index (χ0v) is 12.0. The van der Waals surface area contributed by atoms with Crippen LogP contribution in [-0.4, -0.2) is 28.4 Å². The number of hydrogen-bond donors (Lipinski definition) is 2. The van der Waals surface area contributed by atoms with Crippen molar-refractivity contribution >= 4 is 29.0 Å². The third-order valence-corrected chi connectivity index (χ3v) is 3.69. The Hall–Kier alpha value is -1.83. The molecule has 1 rings (SSSR count). The van der Waals surface area contributed by atoms with E-state index in [-0.39, 0.29) is 6.04 Å². The highest BCUT2D eigenvalue weighted by Crippen LogP contribution is 2.27. The van der Waals surface area contributed by atoms with Gasteiger partial charge in [0.25, 0.3) is 11.6 Å². The molecule has 0 radical (unpaired) electrons. The van der Waals surface area contributed by atoms with Gasteiger partial charge in [0.1, 0.15) is 17.1 Å². The number of nitro groups is 1. The molecule has 20 heavy (non-hydrogen) atoms. The number of nitro benzene ring substituents is 1. The first-order chi connectivity index (χ1) is 9.38. The summed E-state index contributed by atoms with van der Waals surface area (Å²) in [6.45, 7) is 3.75. The highest BCUT2D eigenvalue weighted by atomic mass is 32.2. The van der Waals surface area contributed by atoms with Crippen LogP contribution in [0.5, 0.6) is 0 Å². The predicted octanol–water partition coefficient (Wildman–Crippen LogP) is 2.19. The van der Waals surface area contributed by atoms with Gasteiger partial charge in [-0.15, -0.1) is 0 Å². The van der Waals surface area contributed by atoms with Gasteiger partial charge in [-0.25, -0.2) is 4.39 Å². The van der Waals surface area contributed by atoms with Crippen LogP contribution in [0.15, 0.2) is 12.1 Å².